The summed E-state index contributed by atoms with van der Waals surface area (Å²) in [5.74, 6) is -0.0798. The van der Waals surface area contributed by atoms with Gasteiger partial charge in [-0.05, 0) is 19.9 Å². The van der Waals surface area contributed by atoms with Crippen molar-refractivity contribution in [2.24, 2.45) is 0 Å². The van der Waals surface area contributed by atoms with Crippen LogP contribution in [0, 0.1) is 13.8 Å². The quantitative estimate of drug-likeness (QED) is 0.802. The van der Waals surface area contributed by atoms with Gasteiger partial charge in [0.15, 0.2) is 4.96 Å². The summed E-state index contributed by atoms with van der Waals surface area (Å²) in [6.07, 6.45) is 3.63. The van der Waals surface area contributed by atoms with Gasteiger partial charge in [-0.2, -0.15) is 5.10 Å². The molecule has 0 unspecified atom stereocenters. The smallest absolute Gasteiger partial charge is 0.271 e. The topological polar surface area (TPSA) is 66.3 Å². The Morgan fingerprint density at radius 2 is 2.30 bits per heavy atom. The van der Waals surface area contributed by atoms with Crippen LogP contribution < -0.4 is 0 Å². The molecule has 0 radical (unpaired) electrons. The molecule has 1 N–H and O–H groups in total. The number of nitrogens with zero attached hydrogens (tertiary/aromatic N) is 4. The Labute approximate surface area is 120 Å². The molecule has 0 atom stereocenters. The van der Waals surface area contributed by atoms with Gasteiger partial charge in [0.1, 0.15) is 5.69 Å². The number of nitrogens with one attached hydrogen (secondary N) is 1. The summed E-state index contributed by atoms with van der Waals surface area (Å²) in [7, 11) is 1.78. The predicted octanol–water partition coefficient (Wildman–Crippen LogP) is 2.01. The minimum Gasteiger partial charge on any atom is -0.334 e. The second-order valence-corrected chi connectivity index (χ2v) is 5.98. The molecule has 0 aliphatic rings. The number of hydrogen-bond donors (Lipinski definition) is 1. The molecule has 0 spiro atoms. The summed E-state index contributed by atoms with van der Waals surface area (Å²) in [5.41, 5.74) is 2.49. The van der Waals surface area contributed by atoms with E-state index < -0.39 is 0 Å². The molecule has 0 aliphatic heterocycles. The fourth-order valence-electron chi connectivity index (χ4n) is 2.18. The van der Waals surface area contributed by atoms with Crippen LogP contribution >= 0.6 is 11.3 Å². The van der Waals surface area contributed by atoms with Crippen LogP contribution in [0.2, 0.25) is 0 Å². The molecule has 0 saturated heterocycles. The molecule has 3 aromatic rings. The molecule has 0 bridgehead atoms. The van der Waals surface area contributed by atoms with E-state index in [0.717, 1.165) is 16.3 Å². The standard InChI is InChI=1S/C13H15N5OS/c1-8-6-18-11(9(2)15-13(18)20-8)7-17(3)12(19)10-4-5-14-16-10/h4-6H,7H2,1-3H3,(H,14,16). The Morgan fingerprint density at radius 1 is 1.50 bits per heavy atom. The van der Waals surface area contributed by atoms with Gasteiger partial charge in [0.2, 0.25) is 0 Å². The van der Waals surface area contributed by atoms with Gasteiger partial charge in [-0.25, -0.2) is 4.98 Å². The zero-order valence-electron chi connectivity index (χ0n) is 11.5. The minimum atomic E-state index is -0.0798. The lowest BCUT2D eigenvalue weighted by atomic mass is 10.3. The highest BCUT2D eigenvalue weighted by atomic mass is 32.1. The molecule has 3 rings (SSSR count). The Bertz CT molecular complexity index is 755. The van der Waals surface area contributed by atoms with Crippen LogP contribution in [0.4, 0.5) is 0 Å². The largest absolute Gasteiger partial charge is 0.334 e. The third-order valence-electron chi connectivity index (χ3n) is 3.21. The first-order valence-electron chi connectivity index (χ1n) is 6.25. The lowest BCUT2D eigenvalue weighted by Crippen LogP contribution is -2.27. The van der Waals surface area contributed by atoms with E-state index in [4.69, 9.17) is 0 Å². The van der Waals surface area contributed by atoms with Crippen LogP contribution in [0.25, 0.3) is 4.96 Å². The minimum absolute atomic E-state index is 0.0798. The van der Waals surface area contributed by atoms with Gasteiger partial charge in [0.05, 0.1) is 17.9 Å². The highest BCUT2D eigenvalue weighted by Crippen LogP contribution is 2.21. The third-order valence-corrected chi connectivity index (χ3v) is 4.10. The van der Waals surface area contributed by atoms with Crippen molar-refractivity contribution in [2.75, 3.05) is 7.05 Å². The molecule has 1 amide bonds. The maximum Gasteiger partial charge on any atom is 0.271 e. The van der Waals surface area contributed by atoms with Crippen molar-refractivity contribution in [3.8, 4) is 0 Å². The van der Waals surface area contributed by atoms with Gasteiger partial charge < -0.3 is 4.90 Å². The molecular formula is C13H15N5OS. The number of thiazole rings is 1. The normalized spacial score (nSPS) is 11.2. The molecule has 0 fully saturated rings. The lowest BCUT2D eigenvalue weighted by Gasteiger charge is -2.16. The fraction of sp³-hybridized carbons (Fsp3) is 0.308. The molecule has 20 heavy (non-hydrogen) atoms. The summed E-state index contributed by atoms with van der Waals surface area (Å²) in [6, 6.07) is 1.67. The van der Waals surface area contributed by atoms with E-state index in [1.165, 1.54) is 4.88 Å². The number of carbonyl (C=O) groups excluding carboxylic acids is 1. The number of aromatic amines is 1. The van der Waals surface area contributed by atoms with Crippen molar-refractivity contribution in [3.05, 3.63) is 40.4 Å². The number of aryl methyl sites for hydroxylation is 2. The third kappa shape index (κ3) is 2.09. The van der Waals surface area contributed by atoms with E-state index in [-0.39, 0.29) is 5.91 Å². The first kappa shape index (κ1) is 12.9. The van der Waals surface area contributed by atoms with Gasteiger partial charge in [0.25, 0.3) is 5.91 Å². The van der Waals surface area contributed by atoms with E-state index in [0.29, 0.717) is 12.2 Å². The van der Waals surface area contributed by atoms with Crippen molar-refractivity contribution in [3.63, 3.8) is 0 Å². The van der Waals surface area contributed by atoms with Gasteiger partial charge in [-0.15, -0.1) is 11.3 Å². The Balaban J connectivity index is 1.89. The molecule has 104 valence electrons. The maximum absolute atomic E-state index is 12.2. The van der Waals surface area contributed by atoms with Gasteiger partial charge in [0, 0.05) is 24.3 Å². The zero-order chi connectivity index (χ0) is 14.3. The predicted molar refractivity (Wildman–Crippen MR) is 76.9 cm³/mol. The molecular weight excluding hydrogens is 274 g/mol. The Kier molecular flexibility index (Phi) is 3.06. The Hall–Kier alpha value is -2.15. The number of amides is 1. The van der Waals surface area contributed by atoms with Crippen LogP contribution in [0.3, 0.4) is 0 Å². The summed E-state index contributed by atoms with van der Waals surface area (Å²) < 4.78 is 2.06. The number of aromatic nitrogens is 4. The number of carbonyl (C=O) groups is 1. The highest BCUT2D eigenvalue weighted by molar-refractivity contribution is 7.17. The van der Waals surface area contributed by atoms with Crippen LogP contribution in [-0.2, 0) is 6.54 Å². The van der Waals surface area contributed by atoms with Gasteiger partial charge in [-0.1, -0.05) is 0 Å². The number of H-pyrrole nitrogens is 1. The fourth-order valence-corrected chi connectivity index (χ4v) is 3.07. The molecule has 6 nitrogen and oxygen atoms in total. The van der Waals surface area contributed by atoms with E-state index in [1.807, 2.05) is 6.92 Å². The van der Waals surface area contributed by atoms with Crippen LogP contribution in [0.15, 0.2) is 18.5 Å². The summed E-state index contributed by atoms with van der Waals surface area (Å²) in [4.78, 5) is 20.6. The number of hydrogen-bond acceptors (Lipinski definition) is 4. The first-order chi connectivity index (χ1) is 9.56. The van der Waals surface area contributed by atoms with Crippen molar-refractivity contribution in [2.45, 2.75) is 20.4 Å². The second-order valence-electron chi connectivity index (χ2n) is 4.77. The molecule has 3 aromatic heterocycles. The maximum atomic E-state index is 12.2. The van der Waals surface area contributed by atoms with Crippen LogP contribution in [0.1, 0.15) is 26.8 Å². The van der Waals surface area contributed by atoms with Gasteiger partial charge >= 0.3 is 0 Å². The number of imidazole rings is 1. The number of rotatable bonds is 3. The summed E-state index contributed by atoms with van der Waals surface area (Å²) in [5, 5.41) is 6.50. The second kappa shape index (κ2) is 4.75. The molecule has 7 heteroatoms. The highest BCUT2D eigenvalue weighted by Gasteiger charge is 2.17. The first-order valence-corrected chi connectivity index (χ1v) is 7.06. The van der Waals surface area contributed by atoms with Crippen molar-refractivity contribution < 1.29 is 4.79 Å². The SMILES string of the molecule is Cc1cn2c(CN(C)C(=O)c3ccn[nH]3)c(C)nc2s1. The van der Waals surface area contributed by atoms with E-state index >= 15 is 0 Å². The molecule has 0 aliphatic carbocycles. The number of fused-ring (bicyclic) bond motifs is 1. The average molecular weight is 289 g/mol. The molecule has 0 saturated carbocycles. The average Bonchev–Trinajstić information content (AvgIpc) is 3.08. The Morgan fingerprint density at radius 3 is 3.00 bits per heavy atom. The van der Waals surface area contributed by atoms with Crippen LogP contribution in [0.5, 0.6) is 0 Å². The molecule has 3 heterocycles. The zero-order valence-corrected chi connectivity index (χ0v) is 12.4. The van der Waals surface area contributed by atoms with E-state index in [2.05, 4.69) is 32.7 Å². The van der Waals surface area contributed by atoms with E-state index in [1.54, 1.807) is 35.5 Å². The van der Waals surface area contributed by atoms with Gasteiger partial charge in [-0.3, -0.25) is 14.3 Å². The lowest BCUT2D eigenvalue weighted by molar-refractivity contribution is 0.0777. The van der Waals surface area contributed by atoms with Crippen molar-refractivity contribution >= 4 is 22.2 Å². The molecule has 0 aromatic carbocycles. The van der Waals surface area contributed by atoms with E-state index in [9.17, 15) is 4.79 Å². The van der Waals surface area contributed by atoms with Crippen molar-refractivity contribution in [1.82, 2.24) is 24.5 Å². The summed E-state index contributed by atoms with van der Waals surface area (Å²) >= 11 is 1.65. The van der Waals surface area contributed by atoms with Crippen molar-refractivity contribution in [1.29, 1.82) is 0 Å². The monoisotopic (exact) mass is 289 g/mol. The van der Waals surface area contributed by atoms with Crippen LogP contribution in [-0.4, -0.2) is 37.4 Å². The summed E-state index contributed by atoms with van der Waals surface area (Å²) in [6.45, 7) is 4.54.